The SMILES string of the molecule is FC(=Cc1ccccc1)CBr. The first-order valence-electron chi connectivity index (χ1n) is 3.30. The number of rotatable bonds is 2. The lowest BCUT2D eigenvalue weighted by molar-refractivity contribution is 0.654. The summed E-state index contributed by atoms with van der Waals surface area (Å²) in [6, 6.07) is 9.40. The Morgan fingerprint density at radius 2 is 2.00 bits per heavy atom. The second-order valence-corrected chi connectivity index (χ2v) is 2.70. The summed E-state index contributed by atoms with van der Waals surface area (Å²) >= 11 is 3.03. The van der Waals surface area contributed by atoms with E-state index < -0.39 is 0 Å². The first-order chi connectivity index (χ1) is 5.33. The average molecular weight is 215 g/mol. The molecule has 0 N–H and O–H groups in total. The van der Waals surface area contributed by atoms with Crippen molar-refractivity contribution in [3.63, 3.8) is 0 Å². The number of halogens is 2. The molecule has 0 radical (unpaired) electrons. The Balaban J connectivity index is 2.79. The van der Waals surface area contributed by atoms with E-state index in [0.29, 0.717) is 0 Å². The minimum Gasteiger partial charge on any atom is -0.211 e. The Labute approximate surface area is 73.9 Å². The van der Waals surface area contributed by atoms with E-state index in [9.17, 15) is 4.39 Å². The van der Waals surface area contributed by atoms with E-state index in [-0.39, 0.29) is 11.2 Å². The smallest absolute Gasteiger partial charge is 0.111 e. The van der Waals surface area contributed by atoms with Gasteiger partial charge in [0.15, 0.2) is 0 Å². The van der Waals surface area contributed by atoms with Gasteiger partial charge in [-0.1, -0.05) is 46.3 Å². The molecule has 1 aromatic rings. The molecule has 0 aliphatic heterocycles. The van der Waals surface area contributed by atoms with Crippen molar-refractivity contribution >= 4 is 22.0 Å². The first kappa shape index (κ1) is 8.47. The molecule has 0 bridgehead atoms. The molecule has 0 spiro atoms. The van der Waals surface area contributed by atoms with Gasteiger partial charge >= 0.3 is 0 Å². The van der Waals surface area contributed by atoms with Crippen LogP contribution in [0.15, 0.2) is 36.2 Å². The summed E-state index contributed by atoms with van der Waals surface area (Å²) in [5.74, 6) is -0.156. The van der Waals surface area contributed by atoms with Crippen molar-refractivity contribution in [3.8, 4) is 0 Å². The molecule has 0 amide bonds. The van der Waals surface area contributed by atoms with Gasteiger partial charge in [-0.3, -0.25) is 0 Å². The molecule has 1 aromatic carbocycles. The predicted molar refractivity (Wildman–Crippen MR) is 49.3 cm³/mol. The van der Waals surface area contributed by atoms with E-state index in [2.05, 4.69) is 15.9 Å². The number of alkyl halides is 1. The normalized spacial score (nSPS) is 11.6. The number of hydrogen-bond donors (Lipinski definition) is 0. The lowest BCUT2D eigenvalue weighted by Crippen LogP contribution is -1.74. The third kappa shape index (κ3) is 2.85. The van der Waals surface area contributed by atoms with Gasteiger partial charge in [0.25, 0.3) is 0 Å². The summed E-state index contributed by atoms with van der Waals surface area (Å²) in [7, 11) is 0. The van der Waals surface area contributed by atoms with Gasteiger partial charge in [-0.05, 0) is 11.6 Å². The third-order valence-corrected chi connectivity index (χ3v) is 1.79. The zero-order valence-electron chi connectivity index (χ0n) is 5.93. The molecule has 0 unspecified atom stereocenters. The Kier molecular flexibility index (Phi) is 3.30. The summed E-state index contributed by atoms with van der Waals surface area (Å²) in [5.41, 5.74) is 0.893. The van der Waals surface area contributed by atoms with Crippen molar-refractivity contribution in [2.45, 2.75) is 0 Å². The summed E-state index contributed by atoms with van der Waals surface area (Å²) in [4.78, 5) is 0. The van der Waals surface area contributed by atoms with Gasteiger partial charge in [0.05, 0.1) is 5.33 Å². The molecule has 0 atom stereocenters. The highest BCUT2D eigenvalue weighted by molar-refractivity contribution is 9.09. The Bertz CT molecular complexity index is 241. The van der Waals surface area contributed by atoms with E-state index in [1.54, 1.807) is 0 Å². The minimum atomic E-state index is -0.156. The maximum Gasteiger partial charge on any atom is 0.111 e. The van der Waals surface area contributed by atoms with E-state index in [1.165, 1.54) is 6.08 Å². The summed E-state index contributed by atoms with van der Waals surface area (Å²) < 4.78 is 12.6. The zero-order valence-corrected chi connectivity index (χ0v) is 7.51. The largest absolute Gasteiger partial charge is 0.211 e. The van der Waals surface area contributed by atoms with Crippen molar-refractivity contribution in [1.82, 2.24) is 0 Å². The third-order valence-electron chi connectivity index (χ3n) is 1.25. The molecule has 0 saturated heterocycles. The van der Waals surface area contributed by atoms with Crippen LogP contribution in [0.4, 0.5) is 4.39 Å². The van der Waals surface area contributed by atoms with Gasteiger partial charge in [-0.2, -0.15) is 0 Å². The Morgan fingerprint density at radius 1 is 1.36 bits per heavy atom. The van der Waals surface area contributed by atoms with Gasteiger partial charge in [-0.15, -0.1) is 0 Å². The molecule has 0 fully saturated rings. The number of hydrogen-bond acceptors (Lipinski definition) is 0. The van der Waals surface area contributed by atoms with Crippen molar-refractivity contribution in [3.05, 3.63) is 41.7 Å². The molecule has 0 aliphatic rings. The van der Waals surface area contributed by atoms with Crippen LogP contribution in [0.2, 0.25) is 0 Å². The van der Waals surface area contributed by atoms with E-state index in [0.717, 1.165) is 5.56 Å². The molecule has 2 heteroatoms. The highest BCUT2D eigenvalue weighted by atomic mass is 79.9. The highest BCUT2D eigenvalue weighted by Gasteiger charge is 1.90. The fourth-order valence-electron chi connectivity index (χ4n) is 0.769. The van der Waals surface area contributed by atoms with Crippen LogP contribution < -0.4 is 0 Å². The van der Waals surface area contributed by atoms with Gasteiger partial charge in [-0.25, -0.2) is 4.39 Å². The molecule has 58 valence electrons. The fraction of sp³-hybridized carbons (Fsp3) is 0.111. The van der Waals surface area contributed by atoms with Gasteiger partial charge in [0.1, 0.15) is 5.83 Å². The molecule has 0 aromatic heterocycles. The van der Waals surface area contributed by atoms with Crippen LogP contribution in [0, 0.1) is 0 Å². The van der Waals surface area contributed by atoms with Gasteiger partial charge in [0.2, 0.25) is 0 Å². The maximum absolute atomic E-state index is 12.6. The molecule has 1 rings (SSSR count). The topological polar surface area (TPSA) is 0 Å². The van der Waals surface area contributed by atoms with Crippen molar-refractivity contribution in [2.24, 2.45) is 0 Å². The summed E-state index contributed by atoms with van der Waals surface area (Å²) in [6.45, 7) is 0. The molecule has 0 saturated carbocycles. The van der Waals surface area contributed by atoms with Crippen molar-refractivity contribution in [1.29, 1.82) is 0 Å². The standard InChI is InChI=1S/C9H8BrF/c10-7-9(11)6-8-4-2-1-3-5-8/h1-6H,7H2. The second-order valence-electron chi connectivity index (χ2n) is 2.14. The van der Waals surface area contributed by atoms with Crippen LogP contribution in [0.25, 0.3) is 6.08 Å². The Hall–Kier alpha value is -0.630. The van der Waals surface area contributed by atoms with Crippen LogP contribution in [0.1, 0.15) is 5.56 Å². The summed E-state index contributed by atoms with van der Waals surface area (Å²) in [6.07, 6.45) is 1.51. The summed E-state index contributed by atoms with van der Waals surface area (Å²) in [5, 5.41) is 0.280. The highest BCUT2D eigenvalue weighted by Crippen LogP contribution is 2.08. The second kappa shape index (κ2) is 4.29. The Morgan fingerprint density at radius 3 is 2.55 bits per heavy atom. The van der Waals surface area contributed by atoms with Crippen LogP contribution in [-0.4, -0.2) is 5.33 Å². The molecular formula is C9H8BrF. The number of benzene rings is 1. The van der Waals surface area contributed by atoms with E-state index >= 15 is 0 Å². The van der Waals surface area contributed by atoms with Crippen molar-refractivity contribution in [2.75, 3.05) is 5.33 Å². The predicted octanol–water partition coefficient (Wildman–Crippen LogP) is 3.39. The molecule has 0 nitrogen and oxygen atoms in total. The maximum atomic E-state index is 12.6. The lowest BCUT2D eigenvalue weighted by atomic mass is 10.2. The molecule has 0 aliphatic carbocycles. The zero-order chi connectivity index (χ0) is 8.10. The molecule has 11 heavy (non-hydrogen) atoms. The van der Waals surface area contributed by atoms with Crippen LogP contribution in [-0.2, 0) is 0 Å². The quantitative estimate of drug-likeness (QED) is 0.663. The average Bonchev–Trinajstić information content (AvgIpc) is 2.06. The van der Waals surface area contributed by atoms with E-state index in [4.69, 9.17) is 0 Å². The van der Waals surface area contributed by atoms with Gasteiger partial charge in [0, 0.05) is 0 Å². The van der Waals surface area contributed by atoms with Crippen LogP contribution in [0.3, 0.4) is 0 Å². The molecular weight excluding hydrogens is 207 g/mol. The number of allylic oxidation sites excluding steroid dienone is 1. The molecule has 0 heterocycles. The monoisotopic (exact) mass is 214 g/mol. The lowest BCUT2D eigenvalue weighted by Gasteiger charge is -1.91. The first-order valence-corrected chi connectivity index (χ1v) is 4.42. The minimum absolute atomic E-state index is 0.156. The fourth-order valence-corrected chi connectivity index (χ4v) is 0.931. The van der Waals surface area contributed by atoms with Gasteiger partial charge < -0.3 is 0 Å². The van der Waals surface area contributed by atoms with Crippen LogP contribution in [0.5, 0.6) is 0 Å². The van der Waals surface area contributed by atoms with Crippen LogP contribution >= 0.6 is 15.9 Å². The van der Waals surface area contributed by atoms with E-state index in [1.807, 2.05) is 30.3 Å². The van der Waals surface area contributed by atoms with Crippen molar-refractivity contribution < 1.29 is 4.39 Å².